The van der Waals surface area contributed by atoms with Crippen LogP contribution in [0.25, 0.3) is 27.4 Å². The van der Waals surface area contributed by atoms with E-state index in [4.69, 9.17) is 16.7 Å². The Morgan fingerprint density at radius 3 is 2.72 bits per heavy atom. The summed E-state index contributed by atoms with van der Waals surface area (Å²) in [5.74, 6) is 0. The van der Waals surface area contributed by atoms with Crippen molar-refractivity contribution in [3.63, 3.8) is 0 Å². The zero-order valence-corrected chi connectivity index (χ0v) is 15.7. The van der Waals surface area contributed by atoms with Gasteiger partial charge in [0.15, 0.2) is 0 Å². The first-order valence-electron chi connectivity index (χ1n) is 8.36. The van der Waals surface area contributed by atoms with E-state index in [9.17, 15) is 0 Å². The van der Waals surface area contributed by atoms with Crippen LogP contribution in [0.2, 0.25) is 5.02 Å². The standard InChI is InChI=1S/C20H21ClN2OS/c1-2-23(12-13-24)11-3-4-15-5-10-18-19(14-15)25-22-20(18)16-6-8-17(21)9-7-16/h3-10,14,24H,2,11-13H2,1H3. The maximum Gasteiger partial charge on any atom is 0.0919 e. The lowest BCUT2D eigenvalue weighted by Gasteiger charge is -2.16. The number of aromatic nitrogens is 1. The van der Waals surface area contributed by atoms with Gasteiger partial charge in [-0.1, -0.05) is 54.9 Å². The summed E-state index contributed by atoms with van der Waals surface area (Å²) in [5.41, 5.74) is 3.26. The molecule has 0 radical (unpaired) electrons. The van der Waals surface area contributed by atoms with E-state index in [1.165, 1.54) is 27.2 Å². The van der Waals surface area contributed by atoms with Crippen molar-refractivity contribution in [1.82, 2.24) is 9.27 Å². The molecule has 0 unspecified atom stereocenters. The number of hydrogen-bond acceptors (Lipinski definition) is 4. The molecule has 25 heavy (non-hydrogen) atoms. The van der Waals surface area contributed by atoms with Gasteiger partial charge in [0.05, 0.1) is 17.0 Å². The maximum absolute atomic E-state index is 9.04. The zero-order chi connectivity index (χ0) is 17.6. The molecule has 0 saturated heterocycles. The molecule has 1 heterocycles. The van der Waals surface area contributed by atoms with Crippen molar-refractivity contribution in [2.45, 2.75) is 6.92 Å². The number of likely N-dealkylation sites (N-methyl/N-ethyl adjacent to an activating group) is 1. The van der Waals surface area contributed by atoms with Crippen molar-refractivity contribution in [1.29, 1.82) is 0 Å². The molecule has 0 aliphatic heterocycles. The van der Waals surface area contributed by atoms with Crippen molar-refractivity contribution in [3.8, 4) is 11.3 Å². The van der Waals surface area contributed by atoms with E-state index in [-0.39, 0.29) is 6.61 Å². The second-order valence-corrected chi connectivity index (χ2v) is 7.05. The van der Waals surface area contributed by atoms with Crippen molar-refractivity contribution in [2.75, 3.05) is 26.2 Å². The third-order valence-corrected chi connectivity index (χ3v) is 5.21. The maximum atomic E-state index is 9.04. The summed E-state index contributed by atoms with van der Waals surface area (Å²) in [6.07, 6.45) is 4.27. The minimum absolute atomic E-state index is 0.196. The number of halogens is 1. The fraction of sp³-hybridized carbons (Fsp3) is 0.250. The molecular weight excluding hydrogens is 352 g/mol. The molecule has 0 amide bonds. The number of fused-ring (bicyclic) bond motifs is 1. The SMILES string of the molecule is CCN(CC=Cc1ccc2c(-c3ccc(Cl)cc3)nsc2c1)CCO. The molecule has 130 valence electrons. The first-order valence-corrected chi connectivity index (χ1v) is 9.51. The lowest BCUT2D eigenvalue weighted by molar-refractivity contribution is 0.214. The summed E-state index contributed by atoms with van der Waals surface area (Å²) < 4.78 is 5.80. The summed E-state index contributed by atoms with van der Waals surface area (Å²) in [6.45, 7) is 4.78. The predicted molar refractivity (Wildman–Crippen MR) is 108 cm³/mol. The smallest absolute Gasteiger partial charge is 0.0919 e. The first-order chi connectivity index (χ1) is 12.2. The first kappa shape index (κ1) is 18.1. The number of rotatable bonds is 7. The topological polar surface area (TPSA) is 36.4 Å². The van der Waals surface area contributed by atoms with Gasteiger partial charge in [0, 0.05) is 29.1 Å². The Bertz CT molecular complexity index is 858. The molecule has 2 aromatic carbocycles. The van der Waals surface area contributed by atoms with E-state index in [0.29, 0.717) is 6.54 Å². The van der Waals surface area contributed by atoms with Crippen molar-refractivity contribution < 1.29 is 5.11 Å². The molecule has 3 nitrogen and oxygen atoms in total. The number of benzene rings is 2. The Balaban J connectivity index is 1.78. The molecular formula is C20H21ClN2OS. The second kappa shape index (κ2) is 8.59. The minimum Gasteiger partial charge on any atom is -0.395 e. The molecule has 0 aliphatic rings. The summed E-state index contributed by atoms with van der Waals surface area (Å²) >= 11 is 7.49. The summed E-state index contributed by atoms with van der Waals surface area (Å²) in [6, 6.07) is 14.2. The van der Waals surface area contributed by atoms with Crippen LogP contribution in [0.4, 0.5) is 0 Å². The van der Waals surface area contributed by atoms with Crippen molar-refractivity contribution in [3.05, 3.63) is 59.1 Å². The van der Waals surface area contributed by atoms with E-state index in [1.54, 1.807) is 0 Å². The Hall–Kier alpha value is -1.72. The molecule has 1 aromatic heterocycles. The third kappa shape index (κ3) is 4.47. The van der Waals surface area contributed by atoms with E-state index in [1.807, 2.05) is 24.3 Å². The van der Waals surface area contributed by atoms with Crippen LogP contribution < -0.4 is 0 Å². The summed E-state index contributed by atoms with van der Waals surface area (Å²) in [7, 11) is 0. The van der Waals surface area contributed by atoms with E-state index in [2.05, 4.69) is 46.5 Å². The van der Waals surface area contributed by atoms with Gasteiger partial charge in [0.1, 0.15) is 0 Å². The van der Waals surface area contributed by atoms with Crippen LogP contribution in [0.1, 0.15) is 12.5 Å². The normalized spacial score (nSPS) is 11.8. The van der Waals surface area contributed by atoms with Gasteiger partial charge < -0.3 is 5.11 Å². The van der Waals surface area contributed by atoms with Gasteiger partial charge >= 0.3 is 0 Å². The van der Waals surface area contributed by atoms with Gasteiger partial charge in [0.25, 0.3) is 0 Å². The Morgan fingerprint density at radius 2 is 2.00 bits per heavy atom. The second-order valence-electron chi connectivity index (χ2n) is 5.81. The highest BCUT2D eigenvalue weighted by molar-refractivity contribution is 7.13. The van der Waals surface area contributed by atoms with Gasteiger partial charge in [-0.3, -0.25) is 4.90 Å². The lowest BCUT2D eigenvalue weighted by atomic mass is 10.1. The molecule has 3 rings (SSSR count). The van der Waals surface area contributed by atoms with E-state index < -0.39 is 0 Å². The zero-order valence-electron chi connectivity index (χ0n) is 14.2. The molecule has 3 aromatic rings. The largest absolute Gasteiger partial charge is 0.395 e. The summed E-state index contributed by atoms with van der Waals surface area (Å²) in [4.78, 5) is 2.19. The molecule has 0 bridgehead atoms. The Kier molecular flexibility index (Phi) is 6.21. The molecule has 0 aliphatic carbocycles. The molecule has 0 spiro atoms. The van der Waals surface area contributed by atoms with Gasteiger partial charge in [-0.05, 0) is 41.8 Å². The van der Waals surface area contributed by atoms with Gasteiger partial charge in [-0.15, -0.1) is 0 Å². The average Bonchev–Trinajstić information content (AvgIpc) is 3.05. The predicted octanol–water partition coefficient (Wildman–Crippen LogP) is 4.94. The monoisotopic (exact) mass is 372 g/mol. The fourth-order valence-electron chi connectivity index (χ4n) is 2.73. The van der Waals surface area contributed by atoms with Crippen molar-refractivity contribution >= 4 is 39.3 Å². The van der Waals surface area contributed by atoms with Crippen LogP contribution in [0.15, 0.2) is 48.5 Å². The molecule has 5 heteroatoms. The Morgan fingerprint density at radius 1 is 1.20 bits per heavy atom. The van der Waals surface area contributed by atoms with E-state index >= 15 is 0 Å². The average molecular weight is 373 g/mol. The molecule has 1 N–H and O–H groups in total. The quantitative estimate of drug-likeness (QED) is 0.637. The number of aliphatic hydroxyl groups is 1. The van der Waals surface area contributed by atoms with Gasteiger partial charge in [-0.25, -0.2) is 0 Å². The van der Waals surface area contributed by atoms with Crippen LogP contribution in [-0.2, 0) is 0 Å². The van der Waals surface area contributed by atoms with Crippen molar-refractivity contribution in [2.24, 2.45) is 0 Å². The molecule has 0 fully saturated rings. The van der Waals surface area contributed by atoms with Gasteiger partial charge in [-0.2, -0.15) is 4.37 Å². The fourth-order valence-corrected chi connectivity index (χ4v) is 3.70. The van der Waals surface area contributed by atoms with E-state index in [0.717, 1.165) is 29.4 Å². The third-order valence-electron chi connectivity index (χ3n) is 4.15. The molecule has 0 atom stereocenters. The highest BCUT2D eigenvalue weighted by Crippen LogP contribution is 2.32. The Labute approximate surface area is 157 Å². The highest BCUT2D eigenvalue weighted by atomic mass is 35.5. The number of hydrogen-bond donors (Lipinski definition) is 1. The lowest BCUT2D eigenvalue weighted by Crippen LogP contribution is -2.26. The van der Waals surface area contributed by atoms with Crippen LogP contribution >= 0.6 is 23.1 Å². The minimum atomic E-state index is 0.196. The van der Waals surface area contributed by atoms with Crippen LogP contribution in [0.3, 0.4) is 0 Å². The van der Waals surface area contributed by atoms with Gasteiger partial charge in [0.2, 0.25) is 0 Å². The van der Waals surface area contributed by atoms with Crippen LogP contribution in [-0.4, -0.2) is 40.6 Å². The van der Waals surface area contributed by atoms with Crippen LogP contribution in [0.5, 0.6) is 0 Å². The van der Waals surface area contributed by atoms with Crippen LogP contribution in [0, 0.1) is 0 Å². The highest BCUT2D eigenvalue weighted by Gasteiger charge is 2.08. The number of aliphatic hydroxyl groups excluding tert-OH is 1. The summed E-state index contributed by atoms with van der Waals surface area (Å²) in [5, 5.41) is 10.9. The number of nitrogens with zero attached hydrogens (tertiary/aromatic N) is 2. The molecule has 0 saturated carbocycles.